The molecule has 2 aromatic rings. The van der Waals surface area contributed by atoms with Crippen molar-refractivity contribution < 1.29 is 18.0 Å². The molecule has 1 unspecified atom stereocenters. The van der Waals surface area contributed by atoms with E-state index in [0.29, 0.717) is 0 Å². The number of anilines is 1. The molecule has 1 atom stereocenters. The van der Waals surface area contributed by atoms with E-state index in [1.54, 1.807) is 0 Å². The molecule has 1 amide bonds. The molecular weight excluding hydrogens is 381 g/mol. The zero-order valence-corrected chi connectivity index (χ0v) is 14.5. The number of aryl methyl sites for hydroxylation is 1. The first-order valence-electron chi connectivity index (χ1n) is 6.86. The van der Waals surface area contributed by atoms with Crippen molar-refractivity contribution in [3.05, 3.63) is 44.8 Å². The molecule has 1 aromatic carbocycles. The highest BCUT2D eigenvalue weighted by atomic mass is 35.5. The third-order valence-corrected chi connectivity index (χ3v) is 4.35. The van der Waals surface area contributed by atoms with E-state index in [-0.39, 0.29) is 21.6 Å². The maximum absolute atomic E-state index is 12.7. The van der Waals surface area contributed by atoms with Gasteiger partial charge in [0.25, 0.3) is 5.56 Å². The van der Waals surface area contributed by atoms with Crippen LogP contribution >= 0.6 is 23.4 Å². The number of nitrogens with one attached hydrogen (secondary N) is 2. The third kappa shape index (κ3) is 4.95. The van der Waals surface area contributed by atoms with Gasteiger partial charge in [0.05, 0.1) is 21.5 Å². The lowest BCUT2D eigenvalue weighted by atomic mass is 10.2. The van der Waals surface area contributed by atoms with Crippen LogP contribution < -0.4 is 10.9 Å². The van der Waals surface area contributed by atoms with Gasteiger partial charge in [-0.25, -0.2) is 0 Å². The van der Waals surface area contributed by atoms with Gasteiger partial charge >= 0.3 is 6.18 Å². The molecule has 6 nitrogen and oxygen atoms in total. The molecule has 0 aliphatic heterocycles. The number of thioether (sulfide) groups is 1. The predicted octanol–water partition coefficient (Wildman–Crippen LogP) is 3.26. The molecule has 0 saturated carbocycles. The number of aromatic nitrogens is 3. The number of H-pyrrole nitrogens is 1. The number of rotatable bonds is 4. The zero-order chi connectivity index (χ0) is 18.8. The first kappa shape index (κ1) is 19.3. The highest BCUT2D eigenvalue weighted by molar-refractivity contribution is 8.00. The molecule has 0 fully saturated rings. The van der Waals surface area contributed by atoms with E-state index in [1.807, 2.05) is 0 Å². The maximum Gasteiger partial charge on any atom is 0.416 e. The van der Waals surface area contributed by atoms with E-state index in [9.17, 15) is 22.8 Å². The normalized spacial score (nSPS) is 12.7. The summed E-state index contributed by atoms with van der Waals surface area (Å²) >= 11 is 6.74. The second-order valence-electron chi connectivity index (χ2n) is 4.99. The van der Waals surface area contributed by atoms with Crippen molar-refractivity contribution in [1.29, 1.82) is 0 Å². The Morgan fingerprint density at radius 3 is 2.64 bits per heavy atom. The lowest BCUT2D eigenvalue weighted by Gasteiger charge is -2.14. The molecule has 0 aliphatic rings. The summed E-state index contributed by atoms with van der Waals surface area (Å²) in [6.45, 7) is 2.98. The highest BCUT2D eigenvalue weighted by Crippen LogP contribution is 2.34. The molecule has 0 spiro atoms. The summed E-state index contributed by atoms with van der Waals surface area (Å²) < 4.78 is 38.2. The van der Waals surface area contributed by atoms with Crippen LogP contribution in [0.1, 0.15) is 18.2 Å². The van der Waals surface area contributed by atoms with E-state index in [4.69, 9.17) is 11.6 Å². The molecule has 0 bridgehead atoms. The van der Waals surface area contributed by atoms with E-state index < -0.39 is 28.5 Å². The van der Waals surface area contributed by atoms with Gasteiger partial charge in [0.15, 0.2) is 5.16 Å². The fraction of sp³-hybridized carbons (Fsp3) is 0.286. The summed E-state index contributed by atoms with van der Waals surface area (Å²) in [4.78, 5) is 26.1. The Balaban J connectivity index is 2.13. The number of carbonyl (C=O) groups excluding carboxylic acids is 1. The molecule has 0 aliphatic carbocycles. The number of carbonyl (C=O) groups is 1. The summed E-state index contributed by atoms with van der Waals surface area (Å²) in [6.07, 6.45) is -4.55. The largest absolute Gasteiger partial charge is 0.416 e. The van der Waals surface area contributed by atoms with Gasteiger partial charge in [-0.1, -0.05) is 23.4 Å². The smallest absolute Gasteiger partial charge is 0.324 e. The minimum atomic E-state index is -4.55. The van der Waals surface area contributed by atoms with E-state index >= 15 is 0 Å². The van der Waals surface area contributed by atoms with Crippen molar-refractivity contribution >= 4 is 35.0 Å². The number of benzene rings is 1. The second kappa shape index (κ2) is 7.44. The molecular formula is C14H12ClF3N4O2S. The summed E-state index contributed by atoms with van der Waals surface area (Å²) in [5.74, 6) is -0.602. The lowest BCUT2D eigenvalue weighted by molar-refractivity contribution is -0.137. The van der Waals surface area contributed by atoms with Crippen molar-refractivity contribution in [2.24, 2.45) is 0 Å². The van der Waals surface area contributed by atoms with Crippen LogP contribution in [0.5, 0.6) is 0 Å². The number of halogens is 4. The van der Waals surface area contributed by atoms with E-state index in [2.05, 4.69) is 20.5 Å². The quantitative estimate of drug-likeness (QED) is 0.780. The Morgan fingerprint density at radius 2 is 2.04 bits per heavy atom. The van der Waals surface area contributed by atoms with Crippen LogP contribution in [-0.2, 0) is 11.0 Å². The minimum absolute atomic E-state index is 0.0258. The van der Waals surface area contributed by atoms with Crippen molar-refractivity contribution in [1.82, 2.24) is 15.2 Å². The van der Waals surface area contributed by atoms with E-state index in [0.717, 1.165) is 30.0 Å². The van der Waals surface area contributed by atoms with Crippen LogP contribution in [0, 0.1) is 6.92 Å². The first-order valence-corrected chi connectivity index (χ1v) is 8.11. The lowest BCUT2D eigenvalue weighted by Crippen LogP contribution is -2.24. The first-order chi connectivity index (χ1) is 11.6. The summed E-state index contributed by atoms with van der Waals surface area (Å²) in [7, 11) is 0. The van der Waals surface area contributed by atoms with Gasteiger partial charge in [-0.15, -0.1) is 10.2 Å². The number of hydrogen-bond acceptors (Lipinski definition) is 5. The van der Waals surface area contributed by atoms with Crippen LogP contribution in [0.15, 0.2) is 28.2 Å². The summed E-state index contributed by atoms with van der Waals surface area (Å²) in [6, 6.07) is 2.63. The summed E-state index contributed by atoms with van der Waals surface area (Å²) in [5, 5.41) is 9.03. The average molecular weight is 393 g/mol. The van der Waals surface area contributed by atoms with Crippen LogP contribution in [-0.4, -0.2) is 26.3 Å². The monoisotopic (exact) mass is 392 g/mol. The molecule has 11 heteroatoms. The van der Waals surface area contributed by atoms with Crippen molar-refractivity contribution in [2.75, 3.05) is 5.32 Å². The maximum atomic E-state index is 12.7. The molecule has 1 aromatic heterocycles. The van der Waals surface area contributed by atoms with Gasteiger partial charge in [0.2, 0.25) is 5.91 Å². The van der Waals surface area contributed by atoms with Crippen molar-refractivity contribution in [3.8, 4) is 0 Å². The molecule has 0 saturated heterocycles. The Morgan fingerprint density at radius 1 is 1.36 bits per heavy atom. The van der Waals surface area contributed by atoms with Gasteiger partial charge in [-0.05, 0) is 32.0 Å². The predicted molar refractivity (Wildman–Crippen MR) is 87.8 cm³/mol. The summed E-state index contributed by atoms with van der Waals surface area (Å²) in [5.41, 5.74) is -1.35. The fourth-order valence-corrected chi connectivity index (χ4v) is 2.59. The average Bonchev–Trinajstić information content (AvgIpc) is 2.51. The molecule has 0 radical (unpaired) electrons. The van der Waals surface area contributed by atoms with Gasteiger partial charge in [0, 0.05) is 0 Å². The third-order valence-electron chi connectivity index (χ3n) is 3.05. The Hall–Kier alpha value is -2.07. The van der Waals surface area contributed by atoms with Crippen LogP contribution in [0.3, 0.4) is 0 Å². The molecule has 134 valence electrons. The van der Waals surface area contributed by atoms with Crippen molar-refractivity contribution in [3.63, 3.8) is 0 Å². The van der Waals surface area contributed by atoms with Crippen LogP contribution in [0.25, 0.3) is 0 Å². The zero-order valence-electron chi connectivity index (χ0n) is 12.9. The van der Waals surface area contributed by atoms with Gasteiger partial charge in [-0.2, -0.15) is 13.2 Å². The van der Waals surface area contributed by atoms with E-state index in [1.165, 1.54) is 13.8 Å². The highest BCUT2D eigenvalue weighted by Gasteiger charge is 2.31. The Labute approximate surface area is 149 Å². The second-order valence-corrected chi connectivity index (χ2v) is 6.72. The molecule has 1 heterocycles. The van der Waals surface area contributed by atoms with Crippen LogP contribution in [0.4, 0.5) is 18.9 Å². The van der Waals surface area contributed by atoms with Gasteiger partial charge < -0.3 is 5.32 Å². The number of alkyl halides is 3. The van der Waals surface area contributed by atoms with Gasteiger partial charge in [0.1, 0.15) is 5.69 Å². The molecule has 2 rings (SSSR count). The number of amides is 1. The standard InChI is InChI=1S/C14H12ClF3N4O2S/c1-6-11(23)20-13(22-21-6)25-7(2)12(24)19-10-5-8(14(16,17)18)3-4-9(10)15/h3-5,7H,1-2H3,(H,19,24)(H,20,22,23). The SMILES string of the molecule is Cc1nnc(SC(C)C(=O)Nc2cc(C(F)(F)F)ccc2Cl)[nH]c1=O. The number of nitrogens with zero attached hydrogens (tertiary/aromatic N) is 2. The molecule has 25 heavy (non-hydrogen) atoms. The minimum Gasteiger partial charge on any atom is -0.324 e. The molecule has 2 N–H and O–H groups in total. The van der Waals surface area contributed by atoms with Crippen LogP contribution in [0.2, 0.25) is 5.02 Å². The number of aromatic amines is 1. The van der Waals surface area contributed by atoms with Crippen molar-refractivity contribution in [2.45, 2.75) is 30.4 Å². The number of hydrogen-bond donors (Lipinski definition) is 2. The Kier molecular flexibility index (Phi) is 5.73. The van der Waals surface area contributed by atoms with Gasteiger partial charge in [-0.3, -0.25) is 14.6 Å². The fourth-order valence-electron chi connectivity index (χ4n) is 1.68. The Bertz CT molecular complexity index is 857. The topological polar surface area (TPSA) is 87.7 Å².